The third-order valence-electron chi connectivity index (χ3n) is 1.94. The zero-order chi connectivity index (χ0) is 10.1. The Morgan fingerprint density at radius 1 is 1.54 bits per heavy atom. The number of nitrogen functional groups attached to an aromatic ring is 2. The monoisotopic (exact) mass is 182 g/mol. The van der Waals surface area contributed by atoms with E-state index in [1.54, 1.807) is 13.0 Å². The van der Waals surface area contributed by atoms with Gasteiger partial charge in [0.15, 0.2) is 0 Å². The molecule has 5 nitrogen and oxygen atoms in total. The molecule has 1 aromatic heterocycles. The van der Waals surface area contributed by atoms with Crippen molar-refractivity contribution in [3.8, 4) is 0 Å². The van der Waals surface area contributed by atoms with Crippen molar-refractivity contribution in [3.63, 3.8) is 0 Å². The molecule has 0 amide bonds. The van der Waals surface area contributed by atoms with Crippen LogP contribution in [0.2, 0.25) is 0 Å². The standard InChI is InChI=1S/C8H14N4O/c1-8(11,4-13)5-2-6(9)7(10)12-3-5/h2-3,13H,4,9,11H2,1H3,(H2,10,12)/t8-/m1/s1. The first-order chi connectivity index (χ1) is 5.97. The lowest BCUT2D eigenvalue weighted by Crippen LogP contribution is -2.37. The van der Waals surface area contributed by atoms with Crippen LogP contribution < -0.4 is 17.2 Å². The SMILES string of the molecule is C[C@@](N)(CO)c1cnc(N)c(N)c1. The number of hydrogen-bond acceptors (Lipinski definition) is 5. The zero-order valence-corrected chi connectivity index (χ0v) is 7.49. The fourth-order valence-corrected chi connectivity index (χ4v) is 0.896. The average molecular weight is 182 g/mol. The molecule has 13 heavy (non-hydrogen) atoms. The molecule has 0 spiro atoms. The van der Waals surface area contributed by atoms with Crippen LogP contribution in [0.4, 0.5) is 11.5 Å². The number of aliphatic hydroxyl groups excluding tert-OH is 1. The van der Waals surface area contributed by atoms with Gasteiger partial charge in [-0.1, -0.05) is 0 Å². The van der Waals surface area contributed by atoms with Gasteiger partial charge in [-0.2, -0.15) is 0 Å². The number of aliphatic hydroxyl groups is 1. The first kappa shape index (κ1) is 9.76. The molecule has 0 aliphatic rings. The smallest absolute Gasteiger partial charge is 0.146 e. The molecule has 1 atom stereocenters. The van der Waals surface area contributed by atoms with E-state index in [4.69, 9.17) is 22.3 Å². The molecular formula is C8H14N4O. The summed E-state index contributed by atoms with van der Waals surface area (Å²) in [4.78, 5) is 3.85. The summed E-state index contributed by atoms with van der Waals surface area (Å²) in [6.07, 6.45) is 1.52. The van der Waals surface area contributed by atoms with Gasteiger partial charge in [0.05, 0.1) is 17.8 Å². The Kier molecular flexibility index (Phi) is 2.40. The summed E-state index contributed by atoms with van der Waals surface area (Å²) in [5, 5.41) is 8.98. The third-order valence-corrected chi connectivity index (χ3v) is 1.94. The molecule has 7 N–H and O–H groups in total. The number of nitrogens with two attached hydrogens (primary N) is 3. The van der Waals surface area contributed by atoms with E-state index in [1.165, 1.54) is 6.20 Å². The third kappa shape index (κ3) is 1.88. The molecule has 0 fully saturated rings. The van der Waals surface area contributed by atoms with E-state index < -0.39 is 5.54 Å². The molecule has 0 aliphatic carbocycles. The Bertz CT molecular complexity index is 311. The van der Waals surface area contributed by atoms with E-state index in [2.05, 4.69) is 4.98 Å². The van der Waals surface area contributed by atoms with Crippen LogP contribution in [0.5, 0.6) is 0 Å². The highest BCUT2D eigenvalue weighted by atomic mass is 16.3. The van der Waals surface area contributed by atoms with E-state index in [-0.39, 0.29) is 12.4 Å². The van der Waals surface area contributed by atoms with Gasteiger partial charge >= 0.3 is 0 Å². The Morgan fingerprint density at radius 2 is 2.15 bits per heavy atom. The van der Waals surface area contributed by atoms with E-state index >= 15 is 0 Å². The van der Waals surface area contributed by atoms with Gasteiger partial charge in [-0.25, -0.2) is 4.98 Å². The molecule has 0 bridgehead atoms. The normalized spacial score (nSPS) is 15.3. The van der Waals surface area contributed by atoms with Crippen molar-refractivity contribution >= 4 is 11.5 Å². The summed E-state index contributed by atoms with van der Waals surface area (Å²) >= 11 is 0. The highest BCUT2D eigenvalue weighted by Crippen LogP contribution is 2.20. The topological polar surface area (TPSA) is 111 Å². The van der Waals surface area contributed by atoms with Crippen molar-refractivity contribution in [1.82, 2.24) is 4.98 Å². The highest BCUT2D eigenvalue weighted by molar-refractivity contribution is 5.59. The molecule has 1 aromatic rings. The van der Waals surface area contributed by atoms with Gasteiger partial charge in [0.25, 0.3) is 0 Å². The minimum absolute atomic E-state index is 0.169. The first-order valence-electron chi connectivity index (χ1n) is 3.88. The molecule has 0 unspecified atom stereocenters. The summed E-state index contributed by atoms with van der Waals surface area (Å²) in [7, 11) is 0. The number of nitrogens with zero attached hydrogens (tertiary/aromatic N) is 1. The lowest BCUT2D eigenvalue weighted by molar-refractivity contribution is 0.210. The Balaban J connectivity index is 3.10. The molecule has 72 valence electrons. The summed E-state index contributed by atoms with van der Waals surface area (Å²) < 4.78 is 0. The van der Waals surface area contributed by atoms with Crippen molar-refractivity contribution in [2.24, 2.45) is 5.73 Å². The number of hydrogen-bond donors (Lipinski definition) is 4. The van der Waals surface area contributed by atoms with E-state index in [0.29, 0.717) is 11.3 Å². The van der Waals surface area contributed by atoms with Gasteiger partial charge in [-0.15, -0.1) is 0 Å². The van der Waals surface area contributed by atoms with Crippen molar-refractivity contribution in [2.75, 3.05) is 18.1 Å². The summed E-state index contributed by atoms with van der Waals surface area (Å²) in [6, 6.07) is 1.62. The van der Waals surface area contributed by atoms with Crippen molar-refractivity contribution in [1.29, 1.82) is 0 Å². The second-order valence-corrected chi connectivity index (χ2v) is 3.27. The van der Waals surface area contributed by atoms with Crippen LogP contribution in [0, 0.1) is 0 Å². The zero-order valence-electron chi connectivity index (χ0n) is 7.49. The minimum atomic E-state index is -0.825. The molecule has 5 heteroatoms. The summed E-state index contributed by atoms with van der Waals surface area (Å²) in [6.45, 7) is 1.53. The number of pyridine rings is 1. The lowest BCUT2D eigenvalue weighted by atomic mass is 9.96. The fraction of sp³-hybridized carbons (Fsp3) is 0.375. The highest BCUT2D eigenvalue weighted by Gasteiger charge is 2.20. The van der Waals surface area contributed by atoms with E-state index in [1.807, 2.05) is 0 Å². The van der Waals surface area contributed by atoms with E-state index in [0.717, 1.165) is 0 Å². The van der Waals surface area contributed by atoms with Crippen molar-refractivity contribution in [2.45, 2.75) is 12.5 Å². The van der Waals surface area contributed by atoms with Crippen molar-refractivity contribution < 1.29 is 5.11 Å². The van der Waals surface area contributed by atoms with Gasteiger partial charge in [-0.3, -0.25) is 0 Å². The average Bonchev–Trinajstić information content (AvgIpc) is 2.09. The summed E-state index contributed by atoms with van der Waals surface area (Å²) in [5.74, 6) is 0.275. The molecule has 0 aromatic carbocycles. The van der Waals surface area contributed by atoms with Gasteiger partial charge in [-0.05, 0) is 18.6 Å². The molecule has 0 saturated carbocycles. The largest absolute Gasteiger partial charge is 0.396 e. The van der Waals surface area contributed by atoms with Crippen LogP contribution in [-0.2, 0) is 5.54 Å². The number of aromatic nitrogens is 1. The van der Waals surface area contributed by atoms with Crippen molar-refractivity contribution in [3.05, 3.63) is 17.8 Å². The molecule has 1 heterocycles. The first-order valence-corrected chi connectivity index (χ1v) is 3.88. The molecular weight excluding hydrogens is 168 g/mol. The van der Waals surface area contributed by atoms with E-state index in [9.17, 15) is 0 Å². The molecule has 0 aliphatic heterocycles. The molecule has 1 rings (SSSR count). The van der Waals surface area contributed by atoms with Crippen LogP contribution >= 0.6 is 0 Å². The second-order valence-electron chi connectivity index (χ2n) is 3.27. The fourth-order valence-electron chi connectivity index (χ4n) is 0.896. The van der Waals surface area contributed by atoms with Gasteiger partial charge in [0.1, 0.15) is 5.82 Å². The van der Waals surface area contributed by atoms with Gasteiger partial charge in [0.2, 0.25) is 0 Å². The number of rotatable bonds is 2. The maximum atomic E-state index is 8.98. The Labute approximate surface area is 76.6 Å². The predicted molar refractivity (Wildman–Crippen MR) is 51.7 cm³/mol. The van der Waals surface area contributed by atoms with Gasteiger partial charge in [0, 0.05) is 6.20 Å². The van der Waals surface area contributed by atoms with Crippen LogP contribution in [0.15, 0.2) is 12.3 Å². The molecule has 0 radical (unpaired) electrons. The maximum Gasteiger partial charge on any atom is 0.146 e. The Hall–Kier alpha value is -1.33. The quantitative estimate of drug-likeness (QED) is 0.488. The van der Waals surface area contributed by atoms with Crippen LogP contribution in [0.25, 0.3) is 0 Å². The van der Waals surface area contributed by atoms with Gasteiger partial charge < -0.3 is 22.3 Å². The lowest BCUT2D eigenvalue weighted by Gasteiger charge is -2.22. The van der Waals surface area contributed by atoms with Crippen LogP contribution in [0.1, 0.15) is 12.5 Å². The number of anilines is 2. The van der Waals surface area contributed by atoms with Crippen LogP contribution in [0.3, 0.4) is 0 Å². The molecule has 0 saturated heterocycles. The minimum Gasteiger partial charge on any atom is -0.396 e. The Morgan fingerprint density at radius 3 is 2.62 bits per heavy atom. The second kappa shape index (κ2) is 3.20. The maximum absolute atomic E-state index is 8.98. The van der Waals surface area contributed by atoms with Crippen LogP contribution in [-0.4, -0.2) is 16.7 Å². The summed E-state index contributed by atoms with van der Waals surface area (Å²) in [5.41, 5.74) is 17.0. The predicted octanol–water partition coefficient (Wildman–Crippen LogP) is -0.588.